The van der Waals surface area contributed by atoms with Gasteiger partial charge in [0.1, 0.15) is 6.29 Å². The fourth-order valence-electron chi connectivity index (χ4n) is 3.61. The van der Waals surface area contributed by atoms with Crippen LogP contribution in [0.15, 0.2) is 0 Å². The van der Waals surface area contributed by atoms with Crippen LogP contribution in [0.5, 0.6) is 0 Å². The second-order valence-electron chi connectivity index (χ2n) is 11.9. The van der Waals surface area contributed by atoms with Crippen molar-refractivity contribution in [3.8, 4) is 0 Å². The van der Waals surface area contributed by atoms with Gasteiger partial charge < -0.3 is 18.4 Å². The van der Waals surface area contributed by atoms with Crippen molar-refractivity contribution in [2.45, 2.75) is 116 Å². The van der Waals surface area contributed by atoms with Gasteiger partial charge >= 0.3 is 5.97 Å². The third kappa shape index (κ3) is 6.74. The molecule has 7 heteroatoms. The van der Waals surface area contributed by atoms with Crippen LogP contribution >= 0.6 is 0 Å². The molecule has 176 valence electrons. The first-order valence-corrected chi connectivity index (χ1v) is 17.2. The first-order chi connectivity index (χ1) is 13.5. The topological polar surface area (TPSA) is 61.8 Å². The molecule has 0 unspecified atom stereocenters. The summed E-state index contributed by atoms with van der Waals surface area (Å²) in [4.78, 5) is 23.8. The first-order valence-electron chi connectivity index (χ1n) is 11.3. The normalized spacial score (nSPS) is 26.0. The van der Waals surface area contributed by atoms with Gasteiger partial charge in [0.2, 0.25) is 0 Å². The summed E-state index contributed by atoms with van der Waals surface area (Å²) in [5.74, 6) is -0.311. The predicted molar refractivity (Wildman–Crippen MR) is 128 cm³/mol. The second kappa shape index (κ2) is 9.96. The molecule has 1 aliphatic carbocycles. The Balaban J connectivity index is 3.12. The van der Waals surface area contributed by atoms with E-state index < -0.39 is 16.6 Å². The van der Waals surface area contributed by atoms with E-state index >= 15 is 0 Å². The van der Waals surface area contributed by atoms with Crippen molar-refractivity contribution < 1.29 is 23.2 Å². The van der Waals surface area contributed by atoms with E-state index in [9.17, 15) is 9.59 Å². The summed E-state index contributed by atoms with van der Waals surface area (Å²) >= 11 is 0. The summed E-state index contributed by atoms with van der Waals surface area (Å²) < 4.78 is 18.3. The summed E-state index contributed by atoms with van der Waals surface area (Å²) in [5, 5.41) is 0.178. The molecular weight excluding hydrogens is 412 g/mol. The molecule has 0 heterocycles. The van der Waals surface area contributed by atoms with E-state index in [1.807, 2.05) is 0 Å². The highest BCUT2D eigenvalue weighted by atomic mass is 28.4. The molecule has 0 aromatic heterocycles. The van der Waals surface area contributed by atoms with Crippen LogP contribution in [-0.2, 0) is 23.2 Å². The molecule has 0 aromatic rings. The molecule has 30 heavy (non-hydrogen) atoms. The zero-order valence-electron chi connectivity index (χ0n) is 21.3. The van der Waals surface area contributed by atoms with Gasteiger partial charge in [0, 0.05) is 12.3 Å². The quantitative estimate of drug-likeness (QED) is 0.243. The molecule has 0 radical (unpaired) electrons. The van der Waals surface area contributed by atoms with Crippen LogP contribution in [-0.4, -0.2) is 48.2 Å². The minimum Gasteiger partial charge on any atom is -0.469 e. The zero-order chi connectivity index (χ0) is 23.5. The number of hydrogen-bond acceptors (Lipinski definition) is 5. The number of methoxy groups -OCH3 is 1. The summed E-state index contributed by atoms with van der Waals surface area (Å²) in [6, 6.07) is 0. The maximum absolute atomic E-state index is 12.2. The molecule has 0 spiro atoms. The highest BCUT2D eigenvalue weighted by Gasteiger charge is 2.51. The van der Waals surface area contributed by atoms with Crippen molar-refractivity contribution >= 4 is 28.9 Å². The lowest BCUT2D eigenvalue weighted by Gasteiger charge is -2.40. The number of hydrogen-bond donors (Lipinski definition) is 0. The number of esters is 1. The lowest BCUT2D eigenvalue weighted by atomic mass is 9.90. The number of aldehydes is 1. The van der Waals surface area contributed by atoms with Crippen LogP contribution in [0.1, 0.15) is 67.2 Å². The van der Waals surface area contributed by atoms with E-state index in [0.29, 0.717) is 12.8 Å². The molecule has 1 fully saturated rings. The maximum Gasteiger partial charge on any atom is 0.305 e. The number of rotatable bonds is 9. The Bertz CT molecular complexity index is 589. The third-order valence-corrected chi connectivity index (χ3v) is 16.7. The van der Waals surface area contributed by atoms with Gasteiger partial charge in [0.15, 0.2) is 16.6 Å². The maximum atomic E-state index is 12.2. The van der Waals surface area contributed by atoms with Crippen LogP contribution in [0.25, 0.3) is 0 Å². The second-order valence-corrected chi connectivity index (χ2v) is 21.4. The Morgan fingerprint density at radius 3 is 1.80 bits per heavy atom. The number of carbonyl (C=O) groups is 2. The zero-order valence-corrected chi connectivity index (χ0v) is 23.3. The number of carbonyl (C=O) groups excluding carboxylic acids is 2. The van der Waals surface area contributed by atoms with E-state index in [1.165, 1.54) is 7.11 Å². The van der Waals surface area contributed by atoms with E-state index in [1.54, 1.807) is 0 Å². The van der Waals surface area contributed by atoms with Gasteiger partial charge in [-0.15, -0.1) is 0 Å². The van der Waals surface area contributed by atoms with Crippen LogP contribution in [0.4, 0.5) is 0 Å². The number of ether oxygens (including phenoxy) is 1. The van der Waals surface area contributed by atoms with Crippen molar-refractivity contribution in [2.75, 3.05) is 7.11 Å². The Morgan fingerprint density at radius 1 is 0.933 bits per heavy atom. The van der Waals surface area contributed by atoms with Gasteiger partial charge in [-0.3, -0.25) is 4.79 Å². The van der Waals surface area contributed by atoms with Gasteiger partial charge in [-0.25, -0.2) is 0 Å². The van der Waals surface area contributed by atoms with Crippen molar-refractivity contribution in [3.05, 3.63) is 0 Å². The molecule has 0 aromatic carbocycles. The molecule has 1 aliphatic rings. The Kier molecular flexibility index (Phi) is 9.14. The smallest absolute Gasteiger partial charge is 0.305 e. The Hall–Kier alpha value is -0.506. The first kappa shape index (κ1) is 27.5. The minimum absolute atomic E-state index is 0.00601. The van der Waals surface area contributed by atoms with E-state index in [0.717, 1.165) is 19.1 Å². The van der Waals surface area contributed by atoms with Gasteiger partial charge in [-0.2, -0.15) is 0 Å². The predicted octanol–water partition coefficient (Wildman–Crippen LogP) is 5.95. The van der Waals surface area contributed by atoms with Crippen LogP contribution in [0.2, 0.25) is 36.3 Å². The molecule has 0 N–H and O–H groups in total. The van der Waals surface area contributed by atoms with E-state index in [2.05, 4.69) is 67.7 Å². The summed E-state index contributed by atoms with van der Waals surface area (Å²) in [5.41, 5.74) is 0. The Morgan fingerprint density at radius 2 is 1.40 bits per heavy atom. The van der Waals surface area contributed by atoms with Crippen molar-refractivity contribution in [2.24, 2.45) is 11.8 Å². The van der Waals surface area contributed by atoms with Crippen LogP contribution < -0.4 is 0 Å². The molecule has 4 atom stereocenters. The molecule has 1 rings (SSSR count). The van der Waals surface area contributed by atoms with E-state index in [-0.39, 0.29) is 40.1 Å². The lowest BCUT2D eigenvalue weighted by molar-refractivity contribution is -0.140. The SMILES string of the molecule is COC(=O)CCC[C@H]1[C@@H](C=O)[C@H](O[Si](C)(C)C(C)(C)C)C[C@@H]1O[Si](C)(C)C(C)(C)C. The fourth-order valence-corrected chi connectivity index (χ4v) is 6.35. The third-order valence-electron chi connectivity index (χ3n) is 7.67. The summed E-state index contributed by atoms with van der Waals surface area (Å²) in [6.45, 7) is 22.4. The summed E-state index contributed by atoms with van der Waals surface area (Å²) in [7, 11) is -2.60. The standard InChI is InChI=1S/C23H46O5Si2/c1-22(2,3)29(8,9)27-19-15-20(28-30(10,11)23(4,5)6)18(16-24)17(19)13-12-14-21(25)26-7/h16-20H,12-15H2,1-11H3/t17-,18+,19-,20+/m0/s1. The van der Waals surface area contributed by atoms with Gasteiger partial charge in [0.25, 0.3) is 0 Å². The van der Waals surface area contributed by atoms with Crippen molar-refractivity contribution in [3.63, 3.8) is 0 Å². The molecule has 0 amide bonds. The van der Waals surface area contributed by atoms with Crippen molar-refractivity contribution in [1.29, 1.82) is 0 Å². The monoisotopic (exact) mass is 458 g/mol. The van der Waals surface area contributed by atoms with E-state index in [4.69, 9.17) is 13.6 Å². The van der Waals surface area contributed by atoms with Crippen molar-refractivity contribution in [1.82, 2.24) is 0 Å². The molecule has 0 aliphatic heterocycles. The van der Waals surface area contributed by atoms with Crippen LogP contribution in [0.3, 0.4) is 0 Å². The highest BCUT2D eigenvalue weighted by molar-refractivity contribution is 6.74. The van der Waals surface area contributed by atoms with Gasteiger partial charge in [0.05, 0.1) is 19.3 Å². The molecule has 0 saturated heterocycles. The summed E-state index contributed by atoms with van der Waals surface area (Å²) in [6.07, 6.45) is 3.57. The minimum atomic E-state index is -2.01. The van der Waals surface area contributed by atoms with Gasteiger partial charge in [-0.1, -0.05) is 41.5 Å². The molecule has 1 saturated carbocycles. The molecule has 5 nitrogen and oxygen atoms in total. The van der Waals surface area contributed by atoms with Gasteiger partial charge in [-0.05, 0) is 61.4 Å². The average molecular weight is 459 g/mol. The lowest BCUT2D eigenvalue weighted by Crippen LogP contribution is -2.45. The molecular formula is C23H46O5Si2. The fraction of sp³-hybridized carbons (Fsp3) is 0.913. The largest absolute Gasteiger partial charge is 0.469 e. The average Bonchev–Trinajstić information content (AvgIpc) is 2.87. The molecule has 0 bridgehead atoms. The Labute approximate surface area is 186 Å². The highest BCUT2D eigenvalue weighted by Crippen LogP contribution is 2.47. The van der Waals surface area contributed by atoms with Crippen LogP contribution in [0, 0.1) is 11.8 Å².